The van der Waals surface area contributed by atoms with Crippen LogP contribution in [0.2, 0.25) is 0 Å². The van der Waals surface area contributed by atoms with Crippen LogP contribution in [0.25, 0.3) is 0 Å². The first-order valence-corrected chi connectivity index (χ1v) is 7.14. The Morgan fingerprint density at radius 2 is 2.11 bits per heavy atom. The summed E-state index contributed by atoms with van der Waals surface area (Å²) in [6, 6.07) is 0.0430. The zero-order valence-electron chi connectivity index (χ0n) is 11.4. The third-order valence-electron chi connectivity index (χ3n) is 3.37. The molecule has 0 fully saturated rings. The maximum absolute atomic E-state index is 12.4. The quantitative estimate of drug-likeness (QED) is 0.723. The van der Waals surface area contributed by atoms with Crippen LogP contribution >= 0.6 is 23.2 Å². The summed E-state index contributed by atoms with van der Waals surface area (Å²) in [5.74, 6) is 0.209. The fourth-order valence-corrected chi connectivity index (χ4v) is 2.66. The fraction of sp³-hybridized carbons (Fsp3) is 0.571. The zero-order chi connectivity index (χ0) is 14.2. The first kappa shape index (κ1) is 14.6. The van der Waals surface area contributed by atoms with Crippen molar-refractivity contribution in [1.29, 1.82) is 0 Å². The van der Waals surface area contributed by atoms with Crippen molar-refractivity contribution in [2.24, 2.45) is 16.4 Å². The van der Waals surface area contributed by atoms with Crippen LogP contribution in [-0.2, 0) is 4.79 Å². The van der Waals surface area contributed by atoms with Gasteiger partial charge >= 0.3 is 0 Å². The van der Waals surface area contributed by atoms with E-state index >= 15 is 0 Å². The van der Waals surface area contributed by atoms with Crippen LogP contribution in [0.5, 0.6) is 0 Å². The van der Waals surface area contributed by atoms with Gasteiger partial charge < -0.3 is 0 Å². The van der Waals surface area contributed by atoms with E-state index < -0.39 is 5.41 Å². The number of nitrogens with zero attached hydrogens (tertiary/aromatic N) is 2. The van der Waals surface area contributed by atoms with Crippen LogP contribution < -0.4 is 0 Å². The number of carbonyl (C=O) groups is 1. The third-order valence-corrected chi connectivity index (χ3v) is 4.18. The molecule has 0 N–H and O–H groups in total. The van der Waals surface area contributed by atoms with Crippen molar-refractivity contribution in [3.8, 4) is 0 Å². The highest BCUT2D eigenvalue weighted by Gasteiger charge is 2.38. The standard InChI is InChI=1S/C14H18Cl2N2O/c1-14(2,3)13(19)18-12(6-7-17-18)9-4-5-10(15)11(16)8-9/h4-5,7,9,12H,6,8H2,1-3H3/t9?,12-/m0/s1. The number of allylic oxidation sites excluding steroid dienone is 3. The second-order valence-electron chi connectivity index (χ2n) is 5.98. The molecule has 1 amide bonds. The van der Waals surface area contributed by atoms with Crippen molar-refractivity contribution in [2.75, 3.05) is 0 Å². The Labute approximate surface area is 123 Å². The van der Waals surface area contributed by atoms with Gasteiger partial charge in [-0.05, 0) is 12.5 Å². The summed E-state index contributed by atoms with van der Waals surface area (Å²) in [6.45, 7) is 5.71. The Hall–Kier alpha value is -0.800. The Kier molecular flexibility index (Phi) is 4.07. The molecular formula is C14H18Cl2N2O. The largest absolute Gasteiger partial charge is 0.272 e. The average molecular weight is 301 g/mol. The van der Waals surface area contributed by atoms with E-state index in [0.717, 1.165) is 6.42 Å². The van der Waals surface area contributed by atoms with Crippen molar-refractivity contribution in [3.63, 3.8) is 0 Å². The Bertz CT molecular complexity index is 474. The molecule has 2 aliphatic rings. The lowest BCUT2D eigenvalue weighted by Crippen LogP contribution is -2.43. The Morgan fingerprint density at radius 1 is 1.42 bits per heavy atom. The van der Waals surface area contributed by atoms with E-state index in [-0.39, 0.29) is 17.9 Å². The van der Waals surface area contributed by atoms with E-state index in [1.54, 1.807) is 11.2 Å². The van der Waals surface area contributed by atoms with Gasteiger partial charge in [-0.3, -0.25) is 4.79 Å². The lowest BCUT2D eigenvalue weighted by molar-refractivity contribution is -0.141. The minimum atomic E-state index is -0.435. The van der Waals surface area contributed by atoms with Crippen LogP contribution in [0.3, 0.4) is 0 Å². The van der Waals surface area contributed by atoms with Crippen LogP contribution in [0, 0.1) is 11.3 Å². The molecule has 104 valence electrons. The summed E-state index contributed by atoms with van der Waals surface area (Å²) in [5.41, 5.74) is -0.435. The Morgan fingerprint density at radius 3 is 2.68 bits per heavy atom. The van der Waals surface area contributed by atoms with Gasteiger partial charge in [0.25, 0.3) is 0 Å². The number of hydrogen-bond donors (Lipinski definition) is 0. The van der Waals surface area contributed by atoms with Crippen molar-refractivity contribution in [1.82, 2.24) is 5.01 Å². The maximum atomic E-state index is 12.4. The van der Waals surface area contributed by atoms with Gasteiger partial charge in [0.15, 0.2) is 0 Å². The normalized spacial score (nSPS) is 27.3. The molecule has 5 heteroatoms. The molecule has 2 atom stereocenters. The second-order valence-corrected chi connectivity index (χ2v) is 6.84. The summed E-state index contributed by atoms with van der Waals surface area (Å²) in [4.78, 5) is 12.4. The molecule has 0 aromatic heterocycles. The van der Waals surface area contributed by atoms with Crippen molar-refractivity contribution in [2.45, 2.75) is 39.7 Å². The van der Waals surface area contributed by atoms with Crippen LogP contribution in [-0.4, -0.2) is 23.2 Å². The molecule has 0 aromatic rings. The summed E-state index contributed by atoms with van der Waals surface area (Å²) in [5, 5.41) is 7.09. The van der Waals surface area contributed by atoms with E-state index in [9.17, 15) is 4.79 Å². The fourth-order valence-electron chi connectivity index (χ4n) is 2.27. The zero-order valence-corrected chi connectivity index (χ0v) is 12.9. The van der Waals surface area contributed by atoms with E-state index in [1.807, 2.05) is 32.9 Å². The molecule has 0 radical (unpaired) electrons. The predicted molar refractivity (Wildman–Crippen MR) is 79.2 cm³/mol. The SMILES string of the molecule is CC(C)(C)C(=O)N1N=CC[C@H]1C1C=CC(Cl)=C(Cl)C1. The molecule has 1 unspecified atom stereocenters. The first-order chi connectivity index (χ1) is 8.80. The number of halogens is 2. The monoisotopic (exact) mass is 300 g/mol. The predicted octanol–water partition coefficient (Wildman–Crippen LogP) is 3.88. The molecule has 3 nitrogen and oxygen atoms in total. The van der Waals surface area contributed by atoms with Gasteiger partial charge in [0.2, 0.25) is 5.91 Å². The minimum absolute atomic E-state index is 0.0384. The molecule has 0 saturated heterocycles. The highest BCUT2D eigenvalue weighted by atomic mass is 35.5. The highest BCUT2D eigenvalue weighted by Crippen LogP contribution is 2.35. The van der Waals surface area contributed by atoms with E-state index in [2.05, 4.69) is 5.10 Å². The van der Waals surface area contributed by atoms with Gasteiger partial charge in [0, 0.05) is 29.0 Å². The molecule has 19 heavy (non-hydrogen) atoms. The molecule has 1 aliphatic carbocycles. The molecule has 0 bridgehead atoms. The van der Waals surface area contributed by atoms with E-state index in [1.165, 1.54) is 0 Å². The van der Waals surface area contributed by atoms with E-state index in [4.69, 9.17) is 23.2 Å². The van der Waals surface area contributed by atoms with Crippen molar-refractivity contribution >= 4 is 35.3 Å². The molecule has 1 aliphatic heterocycles. The molecular weight excluding hydrogens is 283 g/mol. The summed E-state index contributed by atoms with van der Waals surface area (Å²) >= 11 is 12.1. The van der Waals surface area contributed by atoms with Crippen LogP contribution in [0.1, 0.15) is 33.6 Å². The third kappa shape index (κ3) is 3.03. The highest BCUT2D eigenvalue weighted by molar-refractivity contribution is 6.40. The topological polar surface area (TPSA) is 32.7 Å². The van der Waals surface area contributed by atoms with Gasteiger partial charge in [-0.2, -0.15) is 5.10 Å². The van der Waals surface area contributed by atoms with Gasteiger partial charge in [-0.25, -0.2) is 5.01 Å². The molecule has 0 saturated carbocycles. The number of hydrazone groups is 1. The summed E-state index contributed by atoms with van der Waals surface area (Å²) in [7, 11) is 0. The maximum Gasteiger partial charge on any atom is 0.248 e. The average Bonchev–Trinajstić information content (AvgIpc) is 2.79. The lowest BCUT2D eigenvalue weighted by atomic mass is 9.88. The summed E-state index contributed by atoms with van der Waals surface area (Å²) in [6.07, 6.45) is 7.07. The van der Waals surface area contributed by atoms with Crippen LogP contribution in [0.4, 0.5) is 0 Å². The molecule has 1 heterocycles. The lowest BCUT2D eigenvalue weighted by Gasteiger charge is -2.32. The van der Waals surface area contributed by atoms with Crippen molar-refractivity contribution in [3.05, 3.63) is 22.2 Å². The number of amides is 1. The van der Waals surface area contributed by atoms with Gasteiger partial charge in [0.1, 0.15) is 0 Å². The Balaban J connectivity index is 2.14. The van der Waals surface area contributed by atoms with E-state index in [0.29, 0.717) is 16.5 Å². The molecule has 2 rings (SSSR count). The smallest absolute Gasteiger partial charge is 0.248 e. The first-order valence-electron chi connectivity index (χ1n) is 6.39. The number of carbonyl (C=O) groups excluding carboxylic acids is 1. The van der Waals surface area contributed by atoms with Gasteiger partial charge in [-0.15, -0.1) is 0 Å². The van der Waals surface area contributed by atoms with Crippen molar-refractivity contribution < 1.29 is 4.79 Å². The minimum Gasteiger partial charge on any atom is -0.272 e. The second kappa shape index (κ2) is 5.29. The summed E-state index contributed by atoms with van der Waals surface area (Å²) < 4.78 is 0. The van der Waals surface area contributed by atoms with Crippen LogP contribution in [0.15, 0.2) is 27.3 Å². The van der Waals surface area contributed by atoms with Gasteiger partial charge in [-0.1, -0.05) is 50.0 Å². The number of rotatable bonds is 1. The molecule has 0 aromatic carbocycles. The van der Waals surface area contributed by atoms with Gasteiger partial charge in [0.05, 0.1) is 11.1 Å². The molecule has 0 spiro atoms. The number of hydrogen-bond acceptors (Lipinski definition) is 2.